The molecule has 0 aromatic carbocycles. The zero-order chi connectivity index (χ0) is 14.8. The monoisotopic (exact) mass is 327 g/mol. The predicted molar refractivity (Wildman–Crippen MR) is 84.0 cm³/mol. The van der Waals surface area contributed by atoms with Gasteiger partial charge >= 0.3 is 0 Å². The van der Waals surface area contributed by atoms with Crippen molar-refractivity contribution in [2.24, 2.45) is 0 Å². The zero-order valence-electron chi connectivity index (χ0n) is 11.9. The SMILES string of the molecule is O=C(c1cc(Cl)ncc1Cl)N1CCC[C@H]1CN1CCCC1. The molecule has 114 valence electrons. The van der Waals surface area contributed by atoms with Crippen molar-refractivity contribution in [2.75, 3.05) is 26.2 Å². The van der Waals surface area contributed by atoms with Crippen LogP contribution in [0.1, 0.15) is 36.0 Å². The molecule has 0 N–H and O–H groups in total. The van der Waals surface area contributed by atoms with E-state index in [1.54, 1.807) is 6.07 Å². The molecule has 0 bridgehead atoms. The third-order valence-electron chi connectivity index (χ3n) is 4.36. The van der Waals surface area contributed by atoms with Gasteiger partial charge in [-0.2, -0.15) is 0 Å². The fourth-order valence-electron chi connectivity index (χ4n) is 3.29. The van der Waals surface area contributed by atoms with Crippen molar-refractivity contribution in [1.82, 2.24) is 14.8 Å². The molecule has 21 heavy (non-hydrogen) atoms. The van der Waals surface area contributed by atoms with Crippen LogP contribution in [0.2, 0.25) is 10.2 Å². The zero-order valence-corrected chi connectivity index (χ0v) is 13.4. The van der Waals surface area contributed by atoms with Crippen molar-refractivity contribution in [2.45, 2.75) is 31.7 Å². The summed E-state index contributed by atoms with van der Waals surface area (Å²) in [4.78, 5) is 21.1. The van der Waals surface area contributed by atoms with Gasteiger partial charge in [0.25, 0.3) is 5.91 Å². The van der Waals surface area contributed by atoms with Gasteiger partial charge in [0, 0.05) is 25.3 Å². The summed E-state index contributed by atoms with van der Waals surface area (Å²) < 4.78 is 0. The lowest BCUT2D eigenvalue weighted by atomic mass is 10.2. The molecular weight excluding hydrogens is 309 g/mol. The minimum Gasteiger partial charge on any atom is -0.334 e. The lowest BCUT2D eigenvalue weighted by molar-refractivity contribution is 0.0709. The quantitative estimate of drug-likeness (QED) is 0.800. The van der Waals surface area contributed by atoms with E-state index in [0.29, 0.717) is 21.8 Å². The van der Waals surface area contributed by atoms with Crippen molar-refractivity contribution in [3.63, 3.8) is 0 Å². The molecule has 6 heteroatoms. The van der Waals surface area contributed by atoms with Crippen molar-refractivity contribution >= 4 is 29.1 Å². The van der Waals surface area contributed by atoms with E-state index in [1.807, 2.05) is 4.90 Å². The molecule has 3 heterocycles. The molecule has 0 aliphatic carbocycles. The summed E-state index contributed by atoms with van der Waals surface area (Å²) in [5, 5.41) is 0.675. The average Bonchev–Trinajstić information content (AvgIpc) is 3.13. The molecule has 2 saturated heterocycles. The smallest absolute Gasteiger partial charge is 0.255 e. The maximum atomic E-state index is 12.7. The van der Waals surface area contributed by atoms with Crippen LogP contribution < -0.4 is 0 Å². The Morgan fingerprint density at radius 2 is 2.00 bits per heavy atom. The summed E-state index contributed by atoms with van der Waals surface area (Å²) in [5.41, 5.74) is 0.463. The Balaban J connectivity index is 1.74. The lowest BCUT2D eigenvalue weighted by Gasteiger charge is -2.28. The van der Waals surface area contributed by atoms with Gasteiger partial charge in [-0.3, -0.25) is 4.79 Å². The summed E-state index contributed by atoms with van der Waals surface area (Å²) in [6, 6.07) is 1.86. The minimum absolute atomic E-state index is 0.0222. The Bertz CT molecular complexity index is 532. The summed E-state index contributed by atoms with van der Waals surface area (Å²) in [7, 11) is 0. The summed E-state index contributed by atoms with van der Waals surface area (Å²) in [6.45, 7) is 4.08. The fraction of sp³-hybridized carbons (Fsp3) is 0.600. The topological polar surface area (TPSA) is 36.4 Å². The maximum absolute atomic E-state index is 12.7. The number of aromatic nitrogens is 1. The van der Waals surface area contributed by atoms with Gasteiger partial charge in [0.2, 0.25) is 0 Å². The molecular formula is C15H19Cl2N3O. The van der Waals surface area contributed by atoms with Crippen molar-refractivity contribution in [3.05, 3.63) is 28.0 Å². The van der Waals surface area contributed by atoms with E-state index >= 15 is 0 Å². The van der Waals surface area contributed by atoms with Crippen LogP contribution in [0.15, 0.2) is 12.3 Å². The Morgan fingerprint density at radius 1 is 1.24 bits per heavy atom. The number of nitrogens with zero attached hydrogens (tertiary/aromatic N) is 3. The first-order chi connectivity index (χ1) is 10.1. The van der Waals surface area contributed by atoms with Crippen LogP contribution in [0.25, 0.3) is 0 Å². The van der Waals surface area contributed by atoms with Gasteiger partial charge in [0.15, 0.2) is 0 Å². The molecule has 0 radical (unpaired) electrons. The van der Waals surface area contributed by atoms with Crippen LogP contribution in [-0.4, -0.2) is 52.9 Å². The number of amides is 1. The Kier molecular flexibility index (Phi) is 4.67. The third-order valence-corrected chi connectivity index (χ3v) is 4.87. The van der Waals surface area contributed by atoms with Gasteiger partial charge < -0.3 is 9.80 Å². The molecule has 3 rings (SSSR count). The minimum atomic E-state index is -0.0222. The predicted octanol–water partition coefficient (Wildman–Crippen LogP) is 3.09. The second-order valence-corrected chi connectivity index (χ2v) is 6.58. The van der Waals surface area contributed by atoms with E-state index in [1.165, 1.54) is 19.0 Å². The van der Waals surface area contributed by atoms with Gasteiger partial charge in [-0.15, -0.1) is 0 Å². The highest BCUT2D eigenvalue weighted by atomic mass is 35.5. The first-order valence-corrected chi connectivity index (χ1v) is 8.25. The fourth-order valence-corrected chi connectivity index (χ4v) is 3.63. The number of hydrogen-bond acceptors (Lipinski definition) is 3. The first-order valence-electron chi connectivity index (χ1n) is 7.49. The maximum Gasteiger partial charge on any atom is 0.255 e. The van der Waals surface area contributed by atoms with E-state index in [2.05, 4.69) is 9.88 Å². The van der Waals surface area contributed by atoms with Crippen LogP contribution in [0.4, 0.5) is 0 Å². The number of hydrogen-bond donors (Lipinski definition) is 0. The van der Waals surface area contributed by atoms with Gasteiger partial charge in [0.1, 0.15) is 5.15 Å². The van der Waals surface area contributed by atoms with E-state index in [-0.39, 0.29) is 5.91 Å². The third kappa shape index (κ3) is 3.33. The van der Waals surface area contributed by atoms with E-state index in [9.17, 15) is 4.79 Å². The Hall–Kier alpha value is -0.840. The summed E-state index contributed by atoms with van der Waals surface area (Å²) in [6.07, 6.45) is 6.11. The molecule has 1 aromatic rings. The second-order valence-electron chi connectivity index (χ2n) is 5.79. The standard InChI is InChI=1S/C15H19Cl2N3O/c16-13-9-18-14(17)8-12(13)15(21)20-7-3-4-11(20)10-19-5-1-2-6-19/h8-9,11H,1-7,10H2/t11-/m0/s1. The van der Waals surface area contributed by atoms with Gasteiger partial charge in [0.05, 0.1) is 10.6 Å². The van der Waals surface area contributed by atoms with Crippen LogP contribution >= 0.6 is 23.2 Å². The molecule has 2 aliphatic heterocycles. The number of carbonyl (C=O) groups is 1. The normalized spacial score (nSPS) is 23.0. The molecule has 4 nitrogen and oxygen atoms in total. The molecule has 1 aromatic heterocycles. The summed E-state index contributed by atoms with van der Waals surface area (Å²) in [5.74, 6) is -0.0222. The molecule has 1 atom stereocenters. The molecule has 0 unspecified atom stereocenters. The molecule has 0 saturated carbocycles. The molecule has 2 fully saturated rings. The first kappa shape index (κ1) is 15.1. The Labute approximate surface area is 135 Å². The number of rotatable bonds is 3. The van der Waals surface area contributed by atoms with Crippen molar-refractivity contribution in [3.8, 4) is 0 Å². The van der Waals surface area contributed by atoms with Crippen LogP contribution in [0, 0.1) is 0 Å². The van der Waals surface area contributed by atoms with Gasteiger partial charge in [-0.1, -0.05) is 23.2 Å². The number of halogens is 2. The van der Waals surface area contributed by atoms with Crippen molar-refractivity contribution < 1.29 is 4.79 Å². The molecule has 0 spiro atoms. The largest absolute Gasteiger partial charge is 0.334 e. The molecule has 1 amide bonds. The van der Waals surface area contributed by atoms with Crippen LogP contribution in [0.5, 0.6) is 0 Å². The van der Waals surface area contributed by atoms with Crippen LogP contribution in [-0.2, 0) is 0 Å². The lowest BCUT2D eigenvalue weighted by Crippen LogP contribution is -2.42. The number of pyridine rings is 1. The van der Waals surface area contributed by atoms with E-state index < -0.39 is 0 Å². The van der Waals surface area contributed by atoms with E-state index in [0.717, 1.165) is 39.0 Å². The van der Waals surface area contributed by atoms with Gasteiger partial charge in [-0.25, -0.2) is 4.98 Å². The van der Waals surface area contributed by atoms with Gasteiger partial charge in [-0.05, 0) is 44.8 Å². The average molecular weight is 328 g/mol. The molecule has 2 aliphatic rings. The summed E-state index contributed by atoms with van der Waals surface area (Å²) >= 11 is 12.0. The van der Waals surface area contributed by atoms with Crippen LogP contribution in [0.3, 0.4) is 0 Å². The Morgan fingerprint density at radius 3 is 2.76 bits per heavy atom. The highest BCUT2D eigenvalue weighted by molar-refractivity contribution is 6.35. The van der Waals surface area contributed by atoms with E-state index in [4.69, 9.17) is 23.2 Å². The number of carbonyl (C=O) groups excluding carboxylic acids is 1. The van der Waals surface area contributed by atoms with Crippen molar-refractivity contribution in [1.29, 1.82) is 0 Å². The highest BCUT2D eigenvalue weighted by Crippen LogP contribution is 2.26. The number of likely N-dealkylation sites (tertiary alicyclic amines) is 2. The second kappa shape index (κ2) is 6.51. The highest BCUT2D eigenvalue weighted by Gasteiger charge is 2.32.